The van der Waals surface area contributed by atoms with E-state index >= 15 is 0 Å². The Bertz CT molecular complexity index is 65.4. The second-order valence-corrected chi connectivity index (χ2v) is 1.48. The van der Waals surface area contributed by atoms with E-state index in [9.17, 15) is 0 Å². The van der Waals surface area contributed by atoms with Gasteiger partial charge >= 0.3 is 0 Å². The highest BCUT2D eigenvalue weighted by Gasteiger charge is 1.76. The third-order valence-corrected chi connectivity index (χ3v) is 0.744. The number of hydrogen-bond donors (Lipinski definition) is 1. The van der Waals surface area contributed by atoms with Crippen LogP contribution < -0.4 is 5.73 Å². The maximum Gasteiger partial charge on any atom is 0.0659 e. The number of halogens is 1. The van der Waals surface area contributed by atoms with Crippen molar-refractivity contribution in [3.8, 4) is 0 Å². The Kier molecular flexibility index (Phi) is 6.91. The van der Waals surface area contributed by atoms with Crippen LogP contribution in [-0.2, 0) is 4.74 Å². The number of nitrogens with two attached hydrogens (primary N) is 1. The summed E-state index contributed by atoms with van der Waals surface area (Å²) in [5.41, 5.74) is 6.56. The predicted octanol–water partition coefficient (Wildman–Crippen LogP) is 0.714. The van der Waals surface area contributed by atoms with Crippen LogP contribution in [0.3, 0.4) is 0 Å². The summed E-state index contributed by atoms with van der Waals surface area (Å²) >= 11 is 5.19. The first-order valence-electron chi connectivity index (χ1n) is 2.45. The molecule has 0 radical (unpaired) electrons. The van der Waals surface area contributed by atoms with Crippen LogP contribution in [0.25, 0.3) is 0 Å². The summed E-state index contributed by atoms with van der Waals surface area (Å²) < 4.78 is 4.93. The number of hydrogen-bond acceptors (Lipinski definition) is 2. The Hall–Kier alpha value is -0.0500. The van der Waals surface area contributed by atoms with E-state index in [2.05, 4.69) is 0 Å². The van der Waals surface area contributed by atoms with Crippen LogP contribution in [0, 0.1) is 0 Å². The molecular weight excluding hydrogens is 126 g/mol. The third kappa shape index (κ3) is 5.95. The molecule has 0 aromatic heterocycles. The summed E-state index contributed by atoms with van der Waals surface area (Å²) in [6.45, 7) is 1.72. The molecule has 2 nitrogen and oxygen atoms in total. The SMILES string of the molecule is NCCOC/C=C/Cl. The normalized spacial score (nSPS) is 10.8. The Labute approximate surface area is 54.3 Å². The van der Waals surface area contributed by atoms with Crippen molar-refractivity contribution in [3.05, 3.63) is 11.6 Å². The molecule has 0 aliphatic heterocycles. The van der Waals surface area contributed by atoms with E-state index in [1.807, 2.05) is 0 Å². The van der Waals surface area contributed by atoms with Gasteiger partial charge in [0.05, 0.1) is 13.2 Å². The Morgan fingerprint density at radius 1 is 1.62 bits per heavy atom. The van der Waals surface area contributed by atoms with E-state index < -0.39 is 0 Å². The van der Waals surface area contributed by atoms with Crippen LogP contribution in [0.4, 0.5) is 0 Å². The lowest BCUT2D eigenvalue weighted by Crippen LogP contribution is -2.07. The molecule has 0 heterocycles. The quantitative estimate of drug-likeness (QED) is 0.577. The molecule has 0 saturated heterocycles. The van der Waals surface area contributed by atoms with E-state index in [1.165, 1.54) is 5.54 Å². The van der Waals surface area contributed by atoms with E-state index in [0.29, 0.717) is 19.8 Å². The van der Waals surface area contributed by atoms with E-state index in [0.717, 1.165) is 0 Å². The molecule has 0 unspecified atom stereocenters. The molecule has 0 aliphatic carbocycles. The fourth-order valence-electron chi connectivity index (χ4n) is 0.271. The van der Waals surface area contributed by atoms with Gasteiger partial charge in [0.1, 0.15) is 0 Å². The van der Waals surface area contributed by atoms with Crippen LogP contribution in [0.1, 0.15) is 0 Å². The van der Waals surface area contributed by atoms with Crippen molar-refractivity contribution >= 4 is 11.6 Å². The molecule has 2 N–H and O–H groups in total. The van der Waals surface area contributed by atoms with Crippen molar-refractivity contribution in [1.29, 1.82) is 0 Å². The lowest BCUT2D eigenvalue weighted by molar-refractivity contribution is 0.170. The standard InChI is InChI=1S/C5H10ClNO/c6-2-1-4-8-5-3-7/h1-2H,3-5,7H2/b2-1+. The summed E-state index contributed by atoms with van der Waals surface area (Å²) in [5.74, 6) is 0. The van der Waals surface area contributed by atoms with Gasteiger partial charge in [-0.1, -0.05) is 11.6 Å². The first-order valence-corrected chi connectivity index (χ1v) is 2.88. The molecule has 0 amide bonds. The van der Waals surface area contributed by atoms with Crippen LogP contribution >= 0.6 is 11.6 Å². The minimum absolute atomic E-state index is 0.556. The molecule has 3 heteroatoms. The van der Waals surface area contributed by atoms with Crippen molar-refractivity contribution in [1.82, 2.24) is 0 Å². The summed E-state index contributed by atoms with van der Waals surface area (Å²) in [5, 5.41) is 0. The lowest BCUT2D eigenvalue weighted by atomic mass is 10.7. The highest BCUT2D eigenvalue weighted by atomic mass is 35.5. The van der Waals surface area contributed by atoms with Gasteiger partial charge in [-0.15, -0.1) is 0 Å². The van der Waals surface area contributed by atoms with Crippen molar-refractivity contribution in [2.75, 3.05) is 19.8 Å². The Morgan fingerprint density at radius 3 is 2.88 bits per heavy atom. The van der Waals surface area contributed by atoms with Gasteiger partial charge in [-0.05, 0) is 6.08 Å². The fraction of sp³-hybridized carbons (Fsp3) is 0.600. The van der Waals surface area contributed by atoms with Gasteiger partial charge in [-0.3, -0.25) is 0 Å². The molecule has 0 aromatic carbocycles. The van der Waals surface area contributed by atoms with Crippen LogP contribution in [0.2, 0.25) is 0 Å². The molecule has 0 saturated carbocycles. The van der Waals surface area contributed by atoms with Gasteiger partial charge in [-0.2, -0.15) is 0 Å². The summed E-state index contributed by atoms with van der Waals surface area (Å²) in [4.78, 5) is 0. The maximum absolute atomic E-state index is 5.19. The molecule has 0 aromatic rings. The Balaban J connectivity index is 2.72. The van der Waals surface area contributed by atoms with Crippen LogP contribution in [0.15, 0.2) is 11.6 Å². The number of rotatable bonds is 4. The molecule has 0 aliphatic rings. The second-order valence-electron chi connectivity index (χ2n) is 1.23. The summed E-state index contributed by atoms with van der Waals surface area (Å²) in [6, 6.07) is 0. The molecule has 0 fully saturated rings. The van der Waals surface area contributed by atoms with Gasteiger partial charge in [-0.25, -0.2) is 0 Å². The molecule has 0 bridgehead atoms. The topological polar surface area (TPSA) is 35.2 Å². The van der Waals surface area contributed by atoms with Gasteiger partial charge in [0.2, 0.25) is 0 Å². The Morgan fingerprint density at radius 2 is 2.38 bits per heavy atom. The summed E-state index contributed by atoms with van der Waals surface area (Å²) in [7, 11) is 0. The smallest absolute Gasteiger partial charge is 0.0659 e. The zero-order valence-corrected chi connectivity index (χ0v) is 5.40. The average molecular weight is 136 g/mol. The van der Waals surface area contributed by atoms with Crippen molar-refractivity contribution < 1.29 is 4.74 Å². The number of ether oxygens (including phenoxy) is 1. The van der Waals surface area contributed by atoms with E-state index in [-0.39, 0.29) is 0 Å². The van der Waals surface area contributed by atoms with Crippen molar-refractivity contribution in [3.63, 3.8) is 0 Å². The lowest BCUT2D eigenvalue weighted by Gasteiger charge is -1.93. The maximum atomic E-state index is 5.19. The van der Waals surface area contributed by atoms with E-state index in [1.54, 1.807) is 6.08 Å². The largest absolute Gasteiger partial charge is 0.376 e. The van der Waals surface area contributed by atoms with Gasteiger partial charge in [0.15, 0.2) is 0 Å². The monoisotopic (exact) mass is 135 g/mol. The van der Waals surface area contributed by atoms with Crippen molar-refractivity contribution in [2.45, 2.75) is 0 Å². The van der Waals surface area contributed by atoms with Gasteiger partial charge in [0.25, 0.3) is 0 Å². The molecule has 0 spiro atoms. The predicted molar refractivity (Wildman–Crippen MR) is 34.9 cm³/mol. The van der Waals surface area contributed by atoms with Crippen LogP contribution in [0.5, 0.6) is 0 Å². The molecule has 48 valence electrons. The molecule has 0 rings (SSSR count). The fourth-order valence-corrected chi connectivity index (χ4v) is 0.344. The average Bonchev–Trinajstić information content (AvgIpc) is 1.81. The highest BCUT2D eigenvalue weighted by Crippen LogP contribution is 1.78. The summed E-state index contributed by atoms with van der Waals surface area (Å²) in [6.07, 6.45) is 1.72. The van der Waals surface area contributed by atoms with Crippen LogP contribution in [-0.4, -0.2) is 19.8 Å². The third-order valence-electron chi connectivity index (χ3n) is 0.565. The van der Waals surface area contributed by atoms with E-state index in [4.69, 9.17) is 22.1 Å². The molecule has 0 atom stereocenters. The van der Waals surface area contributed by atoms with Gasteiger partial charge in [0, 0.05) is 12.1 Å². The first kappa shape index (κ1) is 7.95. The van der Waals surface area contributed by atoms with Crippen molar-refractivity contribution in [2.24, 2.45) is 5.73 Å². The minimum Gasteiger partial charge on any atom is -0.376 e. The zero-order chi connectivity index (χ0) is 6.24. The highest BCUT2D eigenvalue weighted by molar-refractivity contribution is 6.25. The molecule has 8 heavy (non-hydrogen) atoms. The minimum atomic E-state index is 0.556. The molecular formula is C5H10ClNO. The zero-order valence-electron chi connectivity index (χ0n) is 4.64. The second kappa shape index (κ2) is 6.95. The first-order chi connectivity index (χ1) is 3.91. The van der Waals surface area contributed by atoms with Gasteiger partial charge < -0.3 is 10.5 Å².